The van der Waals surface area contributed by atoms with Crippen molar-refractivity contribution in [3.8, 4) is 16.9 Å². The van der Waals surface area contributed by atoms with Crippen LogP contribution in [0.4, 0.5) is 0 Å². The summed E-state index contributed by atoms with van der Waals surface area (Å²) in [4.78, 5) is 11.4. The van der Waals surface area contributed by atoms with Crippen molar-refractivity contribution in [2.24, 2.45) is 0 Å². The summed E-state index contributed by atoms with van der Waals surface area (Å²) in [5.74, 6) is -0.589. The maximum atomic E-state index is 11.4. The van der Waals surface area contributed by atoms with Crippen molar-refractivity contribution in [3.05, 3.63) is 88.4 Å². The van der Waals surface area contributed by atoms with Crippen LogP contribution in [0.3, 0.4) is 0 Å². The molecule has 0 amide bonds. The quantitative estimate of drug-likeness (QED) is 0.295. The Hall–Kier alpha value is -2.86. The molecule has 0 aliphatic heterocycles. The number of halogens is 1. The highest BCUT2D eigenvalue weighted by Crippen LogP contribution is 2.28. The third-order valence-electron chi connectivity index (χ3n) is 5.35. The first kappa shape index (κ1) is 24.8. The Labute approximate surface area is 200 Å². The maximum absolute atomic E-state index is 11.4. The van der Waals surface area contributed by atoms with Gasteiger partial charge in [-0.1, -0.05) is 61.0 Å². The number of aliphatic hydroxyl groups is 1. The van der Waals surface area contributed by atoms with Gasteiger partial charge in [0.05, 0.1) is 12.7 Å². The minimum Gasteiger partial charge on any atom is -0.493 e. The largest absolute Gasteiger partial charge is 0.493 e. The smallest absolute Gasteiger partial charge is 0.339 e. The average molecular weight is 468 g/mol. The summed E-state index contributed by atoms with van der Waals surface area (Å²) in [5, 5.41) is 23.5. The minimum absolute atomic E-state index is 0.178. The summed E-state index contributed by atoms with van der Waals surface area (Å²) < 4.78 is 5.65. The highest BCUT2D eigenvalue weighted by Gasteiger charge is 2.13. The molecule has 3 aromatic rings. The lowest BCUT2D eigenvalue weighted by Gasteiger charge is -2.13. The third-order valence-corrected chi connectivity index (χ3v) is 5.59. The van der Waals surface area contributed by atoms with E-state index in [1.54, 1.807) is 24.3 Å². The number of rotatable bonds is 12. The summed E-state index contributed by atoms with van der Waals surface area (Å²) >= 11 is 5.98. The van der Waals surface area contributed by atoms with Crippen molar-refractivity contribution in [3.63, 3.8) is 0 Å². The summed E-state index contributed by atoms with van der Waals surface area (Å²) in [5.41, 5.74) is 4.15. The molecule has 1 atom stereocenters. The molecular weight excluding hydrogens is 438 g/mol. The van der Waals surface area contributed by atoms with Crippen LogP contribution < -0.4 is 10.1 Å². The molecule has 174 valence electrons. The Morgan fingerprint density at radius 2 is 1.82 bits per heavy atom. The first-order chi connectivity index (χ1) is 16.0. The number of ether oxygens (including phenoxy) is 1. The first-order valence-corrected chi connectivity index (χ1v) is 11.6. The monoisotopic (exact) mass is 467 g/mol. The SMILES string of the molecule is CCCOc1cc(-c2ccc(CCCNC[C@H](O)c3cccc(Cl)c3)cc2)ccc1C(=O)O. The summed E-state index contributed by atoms with van der Waals surface area (Å²) in [7, 11) is 0. The highest BCUT2D eigenvalue weighted by atomic mass is 35.5. The average Bonchev–Trinajstić information content (AvgIpc) is 2.82. The van der Waals surface area contributed by atoms with E-state index < -0.39 is 12.1 Å². The molecule has 0 bridgehead atoms. The van der Waals surface area contributed by atoms with Gasteiger partial charge in [0.25, 0.3) is 0 Å². The molecule has 0 saturated carbocycles. The van der Waals surface area contributed by atoms with Gasteiger partial charge in [-0.05, 0) is 72.3 Å². The molecule has 33 heavy (non-hydrogen) atoms. The molecular formula is C27H30ClNO4. The van der Waals surface area contributed by atoms with Crippen LogP contribution >= 0.6 is 11.6 Å². The number of aromatic carboxylic acids is 1. The van der Waals surface area contributed by atoms with Crippen molar-refractivity contribution in [1.82, 2.24) is 5.32 Å². The van der Waals surface area contributed by atoms with Gasteiger partial charge in [-0.2, -0.15) is 0 Å². The number of carboxylic acids is 1. The predicted molar refractivity (Wildman–Crippen MR) is 132 cm³/mol. The standard InChI is InChI=1S/C27H30ClNO4/c1-2-15-33-26-17-21(12-13-24(26)27(31)32)20-10-8-19(9-11-20)5-4-14-29-18-25(30)22-6-3-7-23(28)16-22/h3,6-13,16-17,25,29-30H,2,4-5,14-15,18H2,1H3,(H,31,32)/t25-/m0/s1. The van der Waals surface area contributed by atoms with Crippen LogP contribution in [0.5, 0.6) is 5.75 Å². The lowest BCUT2D eigenvalue weighted by Crippen LogP contribution is -2.22. The van der Waals surface area contributed by atoms with Crippen LogP contribution in [0.2, 0.25) is 5.02 Å². The van der Waals surface area contributed by atoms with Crippen molar-refractivity contribution in [2.75, 3.05) is 19.7 Å². The van der Waals surface area contributed by atoms with Crippen LogP contribution in [-0.2, 0) is 6.42 Å². The third kappa shape index (κ3) is 7.32. The number of carboxylic acid groups (broad SMARTS) is 1. The van der Waals surface area contributed by atoms with E-state index in [0.717, 1.165) is 42.5 Å². The van der Waals surface area contributed by atoms with Gasteiger partial charge in [-0.15, -0.1) is 0 Å². The van der Waals surface area contributed by atoms with E-state index in [1.807, 2.05) is 37.3 Å². The van der Waals surface area contributed by atoms with Crippen LogP contribution in [0.25, 0.3) is 11.1 Å². The second kappa shape index (κ2) is 12.4. The molecule has 0 unspecified atom stereocenters. The Kier molecular flexibility index (Phi) is 9.31. The second-order valence-electron chi connectivity index (χ2n) is 7.94. The molecule has 5 nitrogen and oxygen atoms in total. The summed E-state index contributed by atoms with van der Waals surface area (Å²) in [6, 6.07) is 20.8. The Balaban J connectivity index is 1.50. The van der Waals surface area contributed by atoms with E-state index in [9.17, 15) is 15.0 Å². The van der Waals surface area contributed by atoms with Gasteiger partial charge in [0.2, 0.25) is 0 Å². The van der Waals surface area contributed by atoms with Crippen LogP contribution in [0.1, 0.15) is 47.4 Å². The minimum atomic E-state index is -0.989. The molecule has 0 fully saturated rings. The zero-order valence-corrected chi connectivity index (χ0v) is 19.5. The molecule has 3 aromatic carbocycles. The summed E-state index contributed by atoms with van der Waals surface area (Å²) in [6.45, 7) is 3.75. The molecule has 6 heteroatoms. The number of aliphatic hydroxyl groups excluding tert-OH is 1. The normalized spacial score (nSPS) is 11.8. The van der Waals surface area contributed by atoms with Gasteiger partial charge in [0, 0.05) is 11.6 Å². The van der Waals surface area contributed by atoms with E-state index >= 15 is 0 Å². The van der Waals surface area contributed by atoms with E-state index in [0.29, 0.717) is 23.9 Å². The number of aryl methyl sites for hydroxylation is 1. The molecule has 3 N–H and O–H groups in total. The maximum Gasteiger partial charge on any atom is 0.339 e. The van der Waals surface area contributed by atoms with Crippen molar-refractivity contribution >= 4 is 17.6 Å². The molecule has 0 aliphatic carbocycles. The van der Waals surface area contributed by atoms with Crippen LogP contribution in [0.15, 0.2) is 66.7 Å². The second-order valence-corrected chi connectivity index (χ2v) is 8.38. The van der Waals surface area contributed by atoms with Gasteiger partial charge in [-0.3, -0.25) is 0 Å². The fraction of sp³-hybridized carbons (Fsp3) is 0.296. The number of hydrogen-bond acceptors (Lipinski definition) is 4. The number of benzene rings is 3. The first-order valence-electron chi connectivity index (χ1n) is 11.2. The van der Waals surface area contributed by atoms with Gasteiger partial charge in [-0.25, -0.2) is 4.79 Å². The lowest BCUT2D eigenvalue weighted by molar-refractivity contribution is 0.0692. The van der Waals surface area contributed by atoms with Gasteiger partial charge in [0.1, 0.15) is 11.3 Å². The van der Waals surface area contributed by atoms with E-state index in [2.05, 4.69) is 17.4 Å². The zero-order valence-electron chi connectivity index (χ0n) is 18.8. The van der Waals surface area contributed by atoms with Gasteiger partial charge in [0.15, 0.2) is 0 Å². The molecule has 0 aliphatic rings. The molecule has 3 rings (SSSR count). The summed E-state index contributed by atoms with van der Waals surface area (Å²) in [6.07, 6.45) is 2.10. The molecule has 0 saturated heterocycles. The van der Waals surface area contributed by atoms with E-state index in [1.165, 1.54) is 5.56 Å². The van der Waals surface area contributed by atoms with E-state index in [4.69, 9.17) is 16.3 Å². The zero-order chi connectivity index (χ0) is 23.6. The van der Waals surface area contributed by atoms with Crippen molar-refractivity contribution in [1.29, 1.82) is 0 Å². The number of hydrogen-bond donors (Lipinski definition) is 3. The fourth-order valence-corrected chi connectivity index (χ4v) is 3.76. The molecule has 0 radical (unpaired) electrons. The number of nitrogens with one attached hydrogen (secondary N) is 1. The Bertz CT molecular complexity index is 1050. The molecule has 0 heterocycles. The Morgan fingerprint density at radius 3 is 2.52 bits per heavy atom. The fourth-order valence-electron chi connectivity index (χ4n) is 3.56. The van der Waals surface area contributed by atoms with Gasteiger partial charge < -0.3 is 20.3 Å². The van der Waals surface area contributed by atoms with E-state index in [-0.39, 0.29) is 5.56 Å². The van der Waals surface area contributed by atoms with Crippen LogP contribution in [-0.4, -0.2) is 35.9 Å². The molecule has 0 spiro atoms. The highest BCUT2D eigenvalue weighted by molar-refractivity contribution is 6.30. The van der Waals surface area contributed by atoms with Gasteiger partial charge >= 0.3 is 5.97 Å². The Morgan fingerprint density at radius 1 is 1.06 bits per heavy atom. The van der Waals surface area contributed by atoms with Crippen molar-refractivity contribution in [2.45, 2.75) is 32.3 Å². The topological polar surface area (TPSA) is 78.8 Å². The predicted octanol–water partition coefficient (Wildman–Crippen LogP) is 5.75. The number of carbonyl (C=O) groups is 1. The lowest BCUT2D eigenvalue weighted by atomic mass is 10.0. The molecule has 0 aromatic heterocycles. The van der Waals surface area contributed by atoms with Crippen molar-refractivity contribution < 1.29 is 19.7 Å². The van der Waals surface area contributed by atoms with Crippen LogP contribution in [0, 0.1) is 0 Å².